The van der Waals surface area contributed by atoms with E-state index in [4.69, 9.17) is 0 Å². The molecule has 0 unspecified atom stereocenters. The van der Waals surface area contributed by atoms with Gasteiger partial charge in [-0.1, -0.05) is 23.8 Å². The average Bonchev–Trinajstić information content (AvgIpc) is 2.72. The van der Waals surface area contributed by atoms with Gasteiger partial charge >= 0.3 is 0 Å². The zero-order chi connectivity index (χ0) is 12.4. The molecule has 2 rings (SSSR count). The molecule has 0 N–H and O–H groups in total. The summed E-state index contributed by atoms with van der Waals surface area (Å²) in [6, 6.07) is 6.43. The van der Waals surface area contributed by atoms with E-state index in [1.165, 1.54) is 16.7 Å². The van der Waals surface area contributed by atoms with Gasteiger partial charge in [0.15, 0.2) is 5.78 Å². The predicted molar refractivity (Wildman–Crippen MR) is 70.8 cm³/mol. The smallest absolute Gasteiger partial charge is 0.178 e. The van der Waals surface area contributed by atoms with Crippen molar-refractivity contribution in [1.29, 1.82) is 0 Å². The van der Waals surface area contributed by atoms with Crippen LogP contribution in [0.1, 0.15) is 39.1 Å². The number of carbonyl (C=O) groups excluding carboxylic acids is 1. The van der Waals surface area contributed by atoms with Gasteiger partial charge in [0.1, 0.15) is 5.69 Å². The second kappa shape index (κ2) is 4.80. The van der Waals surface area contributed by atoms with Gasteiger partial charge in [0.05, 0.1) is 5.01 Å². The number of thiazole rings is 1. The third-order valence-electron chi connectivity index (χ3n) is 2.76. The van der Waals surface area contributed by atoms with Gasteiger partial charge < -0.3 is 0 Å². The standard InChI is InChI=1S/C14H15NOS/c1-9-4-5-10(2)12(6-9)7-14-15-13(8-17-14)11(3)16/h4-6,8H,7H2,1-3H3. The number of aryl methyl sites for hydroxylation is 2. The maximum atomic E-state index is 11.2. The molecule has 17 heavy (non-hydrogen) atoms. The van der Waals surface area contributed by atoms with Crippen LogP contribution in [0.5, 0.6) is 0 Å². The Morgan fingerprint density at radius 3 is 2.76 bits per heavy atom. The van der Waals surface area contributed by atoms with Gasteiger partial charge in [-0.25, -0.2) is 4.98 Å². The van der Waals surface area contributed by atoms with Crippen molar-refractivity contribution in [3.8, 4) is 0 Å². The van der Waals surface area contributed by atoms with Crippen LogP contribution in [0.15, 0.2) is 23.6 Å². The van der Waals surface area contributed by atoms with Crippen molar-refractivity contribution in [2.24, 2.45) is 0 Å². The molecule has 0 spiro atoms. The van der Waals surface area contributed by atoms with Gasteiger partial charge in [-0.2, -0.15) is 0 Å². The summed E-state index contributed by atoms with van der Waals surface area (Å²) in [6.07, 6.45) is 0.811. The van der Waals surface area contributed by atoms with Gasteiger partial charge in [-0.15, -0.1) is 11.3 Å². The van der Waals surface area contributed by atoms with E-state index in [2.05, 4.69) is 37.0 Å². The number of Topliss-reactive ketones (excluding diaryl/α,β-unsaturated/α-hetero) is 1. The number of hydrogen-bond donors (Lipinski definition) is 0. The fourth-order valence-electron chi connectivity index (χ4n) is 1.71. The van der Waals surface area contributed by atoms with Crippen LogP contribution in [0.3, 0.4) is 0 Å². The minimum atomic E-state index is 0.0356. The summed E-state index contributed by atoms with van der Waals surface area (Å²) in [4.78, 5) is 15.5. The van der Waals surface area contributed by atoms with Crippen molar-refractivity contribution < 1.29 is 4.79 Å². The molecule has 2 nitrogen and oxygen atoms in total. The Morgan fingerprint density at radius 2 is 2.12 bits per heavy atom. The van der Waals surface area contributed by atoms with Gasteiger partial charge in [-0.05, 0) is 25.0 Å². The largest absolute Gasteiger partial charge is 0.293 e. The highest BCUT2D eigenvalue weighted by atomic mass is 32.1. The molecule has 0 aliphatic carbocycles. The van der Waals surface area contributed by atoms with Gasteiger partial charge in [0, 0.05) is 18.7 Å². The number of carbonyl (C=O) groups is 1. The Balaban J connectivity index is 2.25. The van der Waals surface area contributed by atoms with E-state index in [0.717, 1.165) is 11.4 Å². The first-order chi connectivity index (χ1) is 8.06. The molecule has 0 aliphatic heterocycles. The lowest BCUT2D eigenvalue weighted by molar-refractivity contribution is 0.101. The summed E-state index contributed by atoms with van der Waals surface area (Å²) in [6.45, 7) is 5.75. The molecular formula is C14H15NOS. The van der Waals surface area contributed by atoms with E-state index in [9.17, 15) is 4.79 Å². The molecule has 0 saturated carbocycles. The molecule has 1 aromatic carbocycles. The number of rotatable bonds is 3. The molecule has 0 radical (unpaired) electrons. The molecule has 0 fully saturated rings. The minimum absolute atomic E-state index is 0.0356. The van der Waals surface area contributed by atoms with E-state index in [1.54, 1.807) is 18.3 Å². The lowest BCUT2D eigenvalue weighted by Crippen LogP contribution is -1.95. The molecule has 0 saturated heterocycles. The number of hydrogen-bond acceptors (Lipinski definition) is 3. The van der Waals surface area contributed by atoms with Gasteiger partial charge in [0.25, 0.3) is 0 Å². The highest BCUT2D eigenvalue weighted by Crippen LogP contribution is 2.18. The Hall–Kier alpha value is -1.48. The number of nitrogens with zero attached hydrogens (tertiary/aromatic N) is 1. The van der Waals surface area contributed by atoms with E-state index in [0.29, 0.717) is 5.69 Å². The number of aromatic nitrogens is 1. The lowest BCUT2D eigenvalue weighted by atomic mass is 10.0. The summed E-state index contributed by atoms with van der Waals surface area (Å²) in [5.41, 5.74) is 4.40. The van der Waals surface area contributed by atoms with Crippen molar-refractivity contribution in [2.45, 2.75) is 27.2 Å². The van der Waals surface area contributed by atoms with Crippen molar-refractivity contribution in [1.82, 2.24) is 4.98 Å². The third kappa shape index (κ3) is 2.80. The van der Waals surface area contributed by atoms with Crippen LogP contribution in [0.2, 0.25) is 0 Å². The zero-order valence-corrected chi connectivity index (χ0v) is 11.1. The molecule has 1 heterocycles. The molecule has 0 aliphatic rings. The molecular weight excluding hydrogens is 230 g/mol. The van der Waals surface area contributed by atoms with Gasteiger partial charge in [-0.3, -0.25) is 4.79 Å². The first-order valence-electron chi connectivity index (χ1n) is 5.57. The molecule has 88 valence electrons. The predicted octanol–water partition coefficient (Wildman–Crippen LogP) is 3.55. The molecule has 3 heteroatoms. The topological polar surface area (TPSA) is 30.0 Å². The fourth-order valence-corrected chi connectivity index (χ4v) is 2.56. The Labute approximate surface area is 105 Å². The van der Waals surface area contributed by atoms with Crippen LogP contribution in [-0.2, 0) is 6.42 Å². The van der Waals surface area contributed by atoms with E-state index in [-0.39, 0.29) is 5.78 Å². The Morgan fingerprint density at radius 1 is 1.35 bits per heavy atom. The molecule has 0 amide bonds. The van der Waals surface area contributed by atoms with Crippen LogP contribution in [0, 0.1) is 13.8 Å². The second-order valence-corrected chi connectivity index (χ2v) is 5.23. The van der Waals surface area contributed by atoms with Crippen LogP contribution < -0.4 is 0 Å². The Bertz CT molecular complexity index is 557. The lowest BCUT2D eigenvalue weighted by Gasteiger charge is -2.04. The second-order valence-electron chi connectivity index (χ2n) is 4.29. The Kier molecular flexibility index (Phi) is 3.38. The number of ketones is 1. The van der Waals surface area contributed by atoms with Crippen LogP contribution in [-0.4, -0.2) is 10.8 Å². The molecule has 2 aromatic rings. The van der Waals surface area contributed by atoms with Crippen LogP contribution >= 0.6 is 11.3 Å². The SMILES string of the molecule is CC(=O)c1csc(Cc2cc(C)ccc2C)n1. The summed E-state index contributed by atoms with van der Waals surface area (Å²) in [5, 5.41) is 2.84. The average molecular weight is 245 g/mol. The van der Waals surface area contributed by atoms with E-state index in [1.807, 2.05) is 5.38 Å². The third-order valence-corrected chi connectivity index (χ3v) is 3.61. The summed E-state index contributed by atoms with van der Waals surface area (Å²) < 4.78 is 0. The van der Waals surface area contributed by atoms with Crippen molar-refractivity contribution >= 4 is 17.1 Å². The quantitative estimate of drug-likeness (QED) is 0.774. The molecule has 0 bridgehead atoms. The highest BCUT2D eigenvalue weighted by molar-refractivity contribution is 7.09. The molecule has 1 aromatic heterocycles. The van der Waals surface area contributed by atoms with Gasteiger partial charge in [0.2, 0.25) is 0 Å². The van der Waals surface area contributed by atoms with Crippen molar-refractivity contribution in [3.63, 3.8) is 0 Å². The minimum Gasteiger partial charge on any atom is -0.293 e. The highest BCUT2D eigenvalue weighted by Gasteiger charge is 2.08. The summed E-state index contributed by atoms with van der Waals surface area (Å²) in [7, 11) is 0. The monoisotopic (exact) mass is 245 g/mol. The summed E-state index contributed by atoms with van der Waals surface area (Å²) >= 11 is 1.56. The van der Waals surface area contributed by atoms with E-state index < -0.39 is 0 Å². The molecule has 0 atom stereocenters. The van der Waals surface area contributed by atoms with Crippen LogP contribution in [0.25, 0.3) is 0 Å². The van der Waals surface area contributed by atoms with Crippen LogP contribution in [0.4, 0.5) is 0 Å². The van der Waals surface area contributed by atoms with Crippen molar-refractivity contribution in [2.75, 3.05) is 0 Å². The fraction of sp³-hybridized carbons (Fsp3) is 0.286. The normalized spacial score (nSPS) is 10.5. The van der Waals surface area contributed by atoms with Crippen molar-refractivity contribution in [3.05, 3.63) is 51.0 Å². The van der Waals surface area contributed by atoms with E-state index >= 15 is 0 Å². The maximum absolute atomic E-state index is 11.2. The maximum Gasteiger partial charge on any atom is 0.178 e. The summed E-state index contributed by atoms with van der Waals surface area (Å²) in [5.74, 6) is 0.0356. The zero-order valence-electron chi connectivity index (χ0n) is 10.3. The first-order valence-corrected chi connectivity index (χ1v) is 6.45. The first kappa shape index (κ1) is 12.0. The number of benzene rings is 1.